The molecule has 0 aliphatic carbocycles. The van der Waals surface area contributed by atoms with Gasteiger partial charge in [-0.25, -0.2) is 0 Å². The highest BCUT2D eigenvalue weighted by Crippen LogP contribution is 2.42. The van der Waals surface area contributed by atoms with Crippen molar-refractivity contribution in [2.75, 3.05) is 16.9 Å². The fourth-order valence-electron chi connectivity index (χ4n) is 5.07. The third-order valence-electron chi connectivity index (χ3n) is 6.92. The van der Waals surface area contributed by atoms with Crippen LogP contribution in [-0.2, 0) is 4.79 Å². The number of rotatable bonds is 6. The van der Waals surface area contributed by atoms with E-state index < -0.39 is 0 Å². The highest BCUT2D eigenvalue weighted by atomic mass is 16.5. The lowest BCUT2D eigenvalue weighted by molar-refractivity contribution is -0.114. The summed E-state index contributed by atoms with van der Waals surface area (Å²) in [7, 11) is 1.61. The summed E-state index contributed by atoms with van der Waals surface area (Å²) in [4.78, 5) is 31.2. The van der Waals surface area contributed by atoms with Crippen LogP contribution in [0.4, 0.5) is 11.4 Å². The first-order valence-electron chi connectivity index (χ1n) is 12.7. The Labute approximate surface area is 223 Å². The third kappa shape index (κ3) is 5.09. The first-order valence-corrected chi connectivity index (χ1v) is 12.7. The van der Waals surface area contributed by atoms with Crippen molar-refractivity contribution in [2.24, 2.45) is 0 Å². The quantitative estimate of drug-likeness (QED) is 0.269. The summed E-state index contributed by atoms with van der Waals surface area (Å²) in [5.74, 6) is 0.517. The number of amides is 2. The molecule has 0 bridgehead atoms. The number of hydrogen-bond acceptors (Lipinski definition) is 3. The summed E-state index contributed by atoms with van der Waals surface area (Å²) >= 11 is 0. The van der Waals surface area contributed by atoms with Crippen LogP contribution in [0.3, 0.4) is 0 Å². The van der Waals surface area contributed by atoms with Crippen molar-refractivity contribution in [3.63, 3.8) is 0 Å². The van der Waals surface area contributed by atoms with Crippen LogP contribution in [0.25, 0.3) is 6.08 Å². The SMILES string of the molecule is COc1ccc(C(=O)N2c3ccccc3[C@@H](N(C(=O)/C=C/c3ccccc3)c3ccccc3)C[C@H]2C)cc1. The van der Waals surface area contributed by atoms with Gasteiger partial charge in [0, 0.05) is 29.1 Å². The van der Waals surface area contributed by atoms with Gasteiger partial charge in [-0.15, -0.1) is 0 Å². The van der Waals surface area contributed by atoms with Crippen molar-refractivity contribution in [3.05, 3.63) is 132 Å². The maximum Gasteiger partial charge on any atom is 0.258 e. The Kier molecular flexibility index (Phi) is 7.36. The van der Waals surface area contributed by atoms with Crippen LogP contribution in [0.2, 0.25) is 0 Å². The van der Waals surface area contributed by atoms with Gasteiger partial charge in [-0.1, -0.05) is 66.7 Å². The summed E-state index contributed by atoms with van der Waals surface area (Å²) in [6.45, 7) is 2.04. The van der Waals surface area contributed by atoms with Crippen molar-refractivity contribution >= 4 is 29.3 Å². The second kappa shape index (κ2) is 11.2. The summed E-state index contributed by atoms with van der Waals surface area (Å²) in [6.07, 6.45) is 4.07. The standard InChI is InChI=1S/C33H30N2O3/c1-24-23-31(35(27-13-7-4-8-14-27)32(36)22-17-25-11-5-3-6-12-25)29-15-9-10-16-30(29)34(24)33(37)26-18-20-28(38-2)21-19-26/h3-22,24,31H,23H2,1-2H3/b22-17+/t24-,31+/m1/s1. The molecule has 2 amide bonds. The number of benzene rings is 4. The van der Waals surface area contributed by atoms with Crippen LogP contribution in [0.1, 0.15) is 40.9 Å². The Bertz CT molecular complexity index is 1430. The molecule has 1 heterocycles. The predicted octanol–water partition coefficient (Wildman–Crippen LogP) is 6.92. The molecule has 0 unspecified atom stereocenters. The fourth-order valence-corrected chi connectivity index (χ4v) is 5.07. The number of nitrogens with zero attached hydrogens (tertiary/aromatic N) is 2. The Balaban J connectivity index is 1.53. The third-order valence-corrected chi connectivity index (χ3v) is 6.92. The molecular formula is C33H30N2O3. The summed E-state index contributed by atoms with van der Waals surface area (Å²) in [5.41, 5.74) is 4.13. The average molecular weight is 503 g/mol. The van der Waals surface area contributed by atoms with Gasteiger partial charge in [0.05, 0.1) is 13.2 Å². The molecule has 0 radical (unpaired) electrons. The van der Waals surface area contributed by atoms with Gasteiger partial charge in [0.25, 0.3) is 11.8 Å². The number of anilines is 2. The Morgan fingerprint density at radius 3 is 2.16 bits per heavy atom. The van der Waals surface area contributed by atoms with Crippen LogP contribution in [-0.4, -0.2) is 25.0 Å². The van der Waals surface area contributed by atoms with E-state index in [1.165, 1.54) is 0 Å². The number of carbonyl (C=O) groups is 2. The molecular weight excluding hydrogens is 472 g/mol. The topological polar surface area (TPSA) is 49.9 Å². The first kappa shape index (κ1) is 25.0. The van der Waals surface area contributed by atoms with Gasteiger partial charge in [0.1, 0.15) is 5.75 Å². The molecule has 0 N–H and O–H groups in total. The van der Waals surface area contributed by atoms with Crippen LogP contribution >= 0.6 is 0 Å². The van der Waals surface area contributed by atoms with Crippen LogP contribution in [0, 0.1) is 0 Å². The van der Waals surface area contributed by atoms with E-state index in [2.05, 4.69) is 0 Å². The van der Waals surface area contributed by atoms with Gasteiger partial charge in [0.2, 0.25) is 0 Å². The van der Waals surface area contributed by atoms with Crippen molar-refractivity contribution < 1.29 is 14.3 Å². The largest absolute Gasteiger partial charge is 0.497 e. The molecule has 1 aliphatic rings. The second-order valence-corrected chi connectivity index (χ2v) is 9.35. The lowest BCUT2D eigenvalue weighted by Crippen LogP contribution is -2.47. The van der Waals surface area contributed by atoms with E-state index in [1.807, 2.05) is 108 Å². The van der Waals surface area contributed by atoms with Crippen molar-refractivity contribution in [1.82, 2.24) is 0 Å². The van der Waals surface area contributed by atoms with E-state index in [1.54, 1.807) is 37.5 Å². The van der Waals surface area contributed by atoms with Crippen LogP contribution in [0.5, 0.6) is 5.75 Å². The minimum absolute atomic E-state index is 0.0763. The second-order valence-electron chi connectivity index (χ2n) is 9.35. The van der Waals surface area contributed by atoms with Gasteiger partial charge in [-0.3, -0.25) is 9.59 Å². The molecule has 4 aromatic carbocycles. The molecule has 0 saturated heterocycles. The van der Waals surface area contributed by atoms with Crippen LogP contribution in [0.15, 0.2) is 115 Å². The number of ether oxygens (including phenoxy) is 1. The smallest absolute Gasteiger partial charge is 0.258 e. The van der Waals surface area contributed by atoms with Crippen molar-refractivity contribution in [2.45, 2.75) is 25.4 Å². The van der Waals surface area contributed by atoms with Gasteiger partial charge >= 0.3 is 0 Å². The van der Waals surface area contributed by atoms with Crippen molar-refractivity contribution in [3.8, 4) is 5.75 Å². The maximum absolute atomic E-state index is 13.8. The average Bonchev–Trinajstić information content (AvgIpc) is 2.97. The number of fused-ring (bicyclic) bond motifs is 1. The van der Waals surface area contributed by atoms with E-state index in [-0.39, 0.29) is 23.9 Å². The van der Waals surface area contributed by atoms with Crippen LogP contribution < -0.4 is 14.5 Å². The maximum atomic E-state index is 13.8. The molecule has 190 valence electrons. The molecule has 5 heteroatoms. The Morgan fingerprint density at radius 2 is 1.47 bits per heavy atom. The molecule has 4 aromatic rings. The summed E-state index contributed by atoms with van der Waals surface area (Å²) in [5, 5.41) is 0. The number of para-hydroxylation sites is 2. The summed E-state index contributed by atoms with van der Waals surface area (Å²) < 4.78 is 5.26. The summed E-state index contributed by atoms with van der Waals surface area (Å²) in [6, 6.07) is 34.2. The molecule has 0 saturated carbocycles. The molecule has 0 spiro atoms. The Hall–Kier alpha value is -4.64. The molecule has 2 atom stereocenters. The minimum atomic E-state index is -0.239. The molecule has 38 heavy (non-hydrogen) atoms. The zero-order chi connectivity index (χ0) is 26.5. The van der Waals surface area contributed by atoms with Gasteiger partial charge in [-0.05, 0) is 73.0 Å². The zero-order valence-electron chi connectivity index (χ0n) is 21.5. The molecule has 5 nitrogen and oxygen atoms in total. The van der Waals surface area contributed by atoms with Gasteiger partial charge < -0.3 is 14.5 Å². The number of methoxy groups -OCH3 is 1. The van der Waals surface area contributed by atoms with Crippen molar-refractivity contribution in [1.29, 1.82) is 0 Å². The lowest BCUT2D eigenvalue weighted by atomic mass is 9.89. The molecule has 1 aliphatic heterocycles. The molecule has 5 rings (SSSR count). The Morgan fingerprint density at radius 1 is 0.842 bits per heavy atom. The van der Waals surface area contributed by atoms with E-state index in [0.717, 1.165) is 22.5 Å². The van der Waals surface area contributed by atoms with E-state index in [0.29, 0.717) is 17.7 Å². The van der Waals surface area contributed by atoms with Gasteiger partial charge in [0.15, 0.2) is 0 Å². The monoisotopic (exact) mass is 502 g/mol. The van der Waals surface area contributed by atoms with E-state index >= 15 is 0 Å². The van der Waals surface area contributed by atoms with E-state index in [4.69, 9.17) is 4.74 Å². The zero-order valence-corrected chi connectivity index (χ0v) is 21.5. The molecule has 0 aromatic heterocycles. The minimum Gasteiger partial charge on any atom is -0.497 e. The fraction of sp³-hybridized carbons (Fsp3) is 0.152. The normalized spacial score (nSPS) is 16.6. The lowest BCUT2D eigenvalue weighted by Gasteiger charge is -2.43. The highest BCUT2D eigenvalue weighted by Gasteiger charge is 2.38. The highest BCUT2D eigenvalue weighted by molar-refractivity contribution is 6.08. The van der Waals surface area contributed by atoms with Gasteiger partial charge in [-0.2, -0.15) is 0 Å². The number of hydrogen-bond donors (Lipinski definition) is 0. The first-order chi connectivity index (χ1) is 18.6. The predicted molar refractivity (Wildman–Crippen MR) is 152 cm³/mol. The number of carbonyl (C=O) groups excluding carboxylic acids is 2. The van der Waals surface area contributed by atoms with E-state index in [9.17, 15) is 9.59 Å². The molecule has 0 fully saturated rings.